The lowest BCUT2D eigenvalue weighted by Gasteiger charge is -2.17. The predicted molar refractivity (Wildman–Crippen MR) is 91.7 cm³/mol. The van der Waals surface area contributed by atoms with E-state index in [9.17, 15) is 9.18 Å². The average Bonchev–Trinajstić information content (AvgIpc) is 2.56. The highest BCUT2D eigenvalue weighted by Gasteiger charge is 2.05. The fourth-order valence-electron chi connectivity index (χ4n) is 2.10. The first-order chi connectivity index (χ1) is 11.1. The lowest BCUT2D eigenvalue weighted by molar-refractivity contribution is -0.117. The summed E-state index contributed by atoms with van der Waals surface area (Å²) in [7, 11) is 0. The molecule has 0 aliphatic rings. The van der Waals surface area contributed by atoms with Gasteiger partial charge in [0.1, 0.15) is 5.82 Å². The van der Waals surface area contributed by atoms with Gasteiger partial charge in [0, 0.05) is 24.2 Å². The van der Waals surface area contributed by atoms with E-state index in [0.717, 1.165) is 19.6 Å². The van der Waals surface area contributed by atoms with Crippen LogP contribution in [0, 0.1) is 5.82 Å². The summed E-state index contributed by atoms with van der Waals surface area (Å²) >= 11 is 0. The van der Waals surface area contributed by atoms with Gasteiger partial charge in [0.05, 0.1) is 13.2 Å². The number of benzene rings is 1. The van der Waals surface area contributed by atoms with Gasteiger partial charge in [0.25, 0.3) is 0 Å². The molecule has 0 fully saturated rings. The summed E-state index contributed by atoms with van der Waals surface area (Å²) in [5.41, 5.74) is 0.883. The molecule has 0 heterocycles. The third-order valence-corrected chi connectivity index (χ3v) is 3.61. The number of rotatable bonds is 10. The van der Waals surface area contributed by atoms with Crippen LogP contribution in [0.5, 0.6) is 0 Å². The van der Waals surface area contributed by atoms with Gasteiger partial charge in [-0.05, 0) is 32.2 Å². The van der Waals surface area contributed by atoms with Crippen molar-refractivity contribution in [1.29, 1.82) is 0 Å². The van der Waals surface area contributed by atoms with Crippen molar-refractivity contribution >= 4 is 12.0 Å². The Balaban J connectivity index is 2.27. The number of carbonyl (C=O) groups excluding carboxylic acids is 1. The largest absolute Gasteiger partial charge is 0.378 e. The Kier molecular flexibility index (Phi) is 9.17. The molecule has 0 aliphatic heterocycles. The molecule has 0 saturated carbocycles. The predicted octanol–water partition coefficient (Wildman–Crippen LogP) is 2.70. The minimum atomic E-state index is -0.334. The highest BCUT2D eigenvalue weighted by Crippen LogP contribution is 2.11. The van der Waals surface area contributed by atoms with Crippen molar-refractivity contribution in [1.82, 2.24) is 10.2 Å². The number of carbonyl (C=O) groups is 1. The number of nitrogens with one attached hydrogen (secondary N) is 1. The molecular formula is C18H27FN2O2. The zero-order valence-corrected chi connectivity index (χ0v) is 14.3. The lowest BCUT2D eigenvalue weighted by Crippen LogP contribution is -2.30. The SMILES string of the molecule is CCN(CC)CCOCCNC(=O)/C(C)=C/c1ccccc1F. The van der Waals surface area contributed by atoms with Crippen LogP contribution in [0.3, 0.4) is 0 Å². The number of likely N-dealkylation sites (N-methyl/N-ethyl adjacent to an activating group) is 1. The van der Waals surface area contributed by atoms with Gasteiger partial charge in [0.15, 0.2) is 0 Å². The second-order valence-electron chi connectivity index (χ2n) is 5.24. The number of ether oxygens (including phenoxy) is 1. The van der Waals surface area contributed by atoms with Crippen molar-refractivity contribution in [2.75, 3.05) is 39.4 Å². The summed E-state index contributed by atoms with van der Waals surface area (Å²) in [5, 5.41) is 2.77. The topological polar surface area (TPSA) is 41.6 Å². The highest BCUT2D eigenvalue weighted by molar-refractivity contribution is 5.97. The van der Waals surface area contributed by atoms with Crippen molar-refractivity contribution in [2.45, 2.75) is 20.8 Å². The average molecular weight is 322 g/mol. The Morgan fingerprint density at radius 2 is 1.96 bits per heavy atom. The number of hydrogen-bond donors (Lipinski definition) is 1. The zero-order chi connectivity index (χ0) is 17.1. The van der Waals surface area contributed by atoms with Crippen LogP contribution in [-0.4, -0.2) is 50.2 Å². The standard InChI is InChI=1S/C18H27FN2O2/c1-4-21(5-2)11-13-23-12-10-20-18(22)15(3)14-16-8-6-7-9-17(16)19/h6-9,14H,4-5,10-13H2,1-3H3,(H,20,22)/b15-14+. The van der Waals surface area contributed by atoms with Crippen LogP contribution in [0.25, 0.3) is 6.08 Å². The summed E-state index contributed by atoms with van der Waals surface area (Å²) < 4.78 is 19.0. The highest BCUT2D eigenvalue weighted by atomic mass is 19.1. The molecule has 1 N–H and O–H groups in total. The first-order valence-electron chi connectivity index (χ1n) is 8.09. The van der Waals surface area contributed by atoms with Crippen molar-refractivity contribution in [3.8, 4) is 0 Å². The third kappa shape index (κ3) is 7.39. The maximum Gasteiger partial charge on any atom is 0.247 e. The second kappa shape index (κ2) is 10.9. The van der Waals surface area contributed by atoms with Gasteiger partial charge >= 0.3 is 0 Å². The Morgan fingerprint density at radius 3 is 2.61 bits per heavy atom. The molecule has 1 aromatic carbocycles. The molecule has 0 saturated heterocycles. The van der Waals surface area contributed by atoms with E-state index in [1.54, 1.807) is 31.2 Å². The molecular weight excluding hydrogens is 295 g/mol. The summed E-state index contributed by atoms with van der Waals surface area (Å²) in [6.07, 6.45) is 1.55. The number of nitrogens with zero attached hydrogens (tertiary/aromatic N) is 1. The number of halogens is 1. The molecule has 0 atom stereocenters. The van der Waals surface area contributed by atoms with E-state index in [0.29, 0.717) is 30.9 Å². The summed E-state index contributed by atoms with van der Waals surface area (Å²) in [4.78, 5) is 14.2. The molecule has 0 aliphatic carbocycles. The van der Waals surface area contributed by atoms with Gasteiger partial charge in [-0.2, -0.15) is 0 Å². The zero-order valence-electron chi connectivity index (χ0n) is 14.3. The van der Waals surface area contributed by atoms with E-state index in [1.165, 1.54) is 6.07 Å². The molecule has 5 heteroatoms. The van der Waals surface area contributed by atoms with Crippen LogP contribution < -0.4 is 5.32 Å². The fourth-order valence-corrected chi connectivity index (χ4v) is 2.10. The van der Waals surface area contributed by atoms with Gasteiger partial charge in [-0.25, -0.2) is 4.39 Å². The van der Waals surface area contributed by atoms with Gasteiger partial charge in [-0.1, -0.05) is 32.0 Å². The van der Waals surface area contributed by atoms with Crippen LogP contribution in [0.1, 0.15) is 26.3 Å². The molecule has 0 radical (unpaired) electrons. The van der Waals surface area contributed by atoms with Crippen LogP contribution >= 0.6 is 0 Å². The molecule has 1 amide bonds. The third-order valence-electron chi connectivity index (χ3n) is 3.61. The first-order valence-corrected chi connectivity index (χ1v) is 8.09. The molecule has 128 valence electrons. The Bertz CT molecular complexity index is 513. The Morgan fingerprint density at radius 1 is 1.26 bits per heavy atom. The summed E-state index contributed by atoms with van der Waals surface area (Å²) in [6, 6.07) is 6.38. The van der Waals surface area contributed by atoms with E-state index in [2.05, 4.69) is 24.1 Å². The quantitative estimate of drug-likeness (QED) is 0.532. The molecule has 23 heavy (non-hydrogen) atoms. The first kappa shape index (κ1) is 19.3. The fraction of sp³-hybridized carbons (Fsp3) is 0.500. The van der Waals surface area contributed by atoms with E-state index < -0.39 is 0 Å². The monoisotopic (exact) mass is 322 g/mol. The normalized spacial score (nSPS) is 11.8. The Hall–Kier alpha value is -1.72. The molecule has 0 aromatic heterocycles. The molecule has 0 spiro atoms. The molecule has 1 aromatic rings. The van der Waals surface area contributed by atoms with Crippen molar-refractivity contribution in [3.05, 3.63) is 41.2 Å². The van der Waals surface area contributed by atoms with Gasteiger partial charge in [-0.3, -0.25) is 4.79 Å². The van der Waals surface area contributed by atoms with Crippen LogP contribution in [-0.2, 0) is 9.53 Å². The van der Waals surface area contributed by atoms with E-state index in [-0.39, 0.29) is 11.7 Å². The second-order valence-corrected chi connectivity index (χ2v) is 5.24. The van der Waals surface area contributed by atoms with Crippen molar-refractivity contribution in [2.24, 2.45) is 0 Å². The molecule has 0 bridgehead atoms. The van der Waals surface area contributed by atoms with E-state index >= 15 is 0 Å². The molecule has 0 unspecified atom stereocenters. The number of hydrogen-bond acceptors (Lipinski definition) is 3. The van der Waals surface area contributed by atoms with Crippen LogP contribution in [0.15, 0.2) is 29.8 Å². The van der Waals surface area contributed by atoms with Crippen LogP contribution in [0.4, 0.5) is 4.39 Å². The van der Waals surface area contributed by atoms with Crippen molar-refractivity contribution in [3.63, 3.8) is 0 Å². The molecule has 4 nitrogen and oxygen atoms in total. The maximum absolute atomic E-state index is 13.5. The smallest absolute Gasteiger partial charge is 0.247 e. The maximum atomic E-state index is 13.5. The Labute approximate surface area is 138 Å². The summed E-state index contributed by atoms with van der Waals surface area (Å²) in [6.45, 7) is 10.4. The summed E-state index contributed by atoms with van der Waals surface area (Å²) in [5.74, 6) is -0.542. The van der Waals surface area contributed by atoms with Crippen LogP contribution in [0.2, 0.25) is 0 Å². The van der Waals surface area contributed by atoms with Crippen molar-refractivity contribution < 1.29 is 13.9 Å². The van der Waals surface area contributed by atoms with Gasteiger partial charge in [-0.15, -0.1) is 0 Å². The number of amides is 1. The van der Waals surface area contributed by atoms with Gasteiger partial charge < -0.3 is 15.0 Å². The van der Waals surface area contributed by atoms with E-state index in [4.69, 9.17) is 4.74 Å². The lowest BCUT2D eigenvalue weighted by atomic mass is 10.1. The van der Waals surface area contributed by atoms with E-state index in [1.807, 2.05) is 0 Å². The minimum Gasteiger partial charge on any atom is -0.378 e. The molecule has 1 rings (SSSR count). The minimum absolute atomic E-state index is 0.208. The van der Waals surface area contributed by atoms with Gasteiger partial charge in [0.2, 0.25) is 5.91 Å².